The van der Waals surface area contributed by atoms with Crippen molar-refractivity contribution >= 4 is 35.2 Å². The van der Waals surface area contributed by atoms with Crippen molar-refractivity contribution in [2.45, 2.75) is 18.9 Å². The van der Waals surface area contributed by atoms with Gasteiger partial charge in [-0.3, -0.25) is 4.79 Å². The molecule has 20 heavy (non-hydrogen) atoms. The Morgan fingerprint density at radius 1 is 1.35 bits per heavy atom. The Morgan fingerprint density at radius 2 is 2.00 bits per heavy atom. The summed E-state index contributed by atoms with van der Waals surface area (Å²) in [6.07, 6.45) is 3.26. The molecule has 0 aliphatic rings. The van der Waals surface area contributed by atoms with Crippen LogP contribution in [-0.2, 0) is 4.79 Å². The Labute approximate surface area is 128 Å². The van der Waals surface area contributed by atoms with Gasteiger partial charge in [0.2, 0.25) is 5.91 Å². The fourth-order valence-corrected chi connectivity index (χ4v) is 2.02. The summed E-state index contributed by atoms with van der Waals surface area (Å²) in [5.41, 5.74) is -0.355. The van der Waals surface area contributed by atoms with Gasteiger partial charge in [-0.05, 0) is 30.2 Å². The van der Waals surface area contributed by atoms with Gasteiger partial charge >= 0.3 is 0 Å². The molecule has 0 saturated heterocycles. The number of aliphatic hydroxyl groups is 2. The number of hydrogen-bond donors (Lipinski definition) is 3. The molecule has 0 aromatic heterocycles. The average Bonchev–Trinajstić information content (AvgIpc) is 2.44. The third-order valence-electron chi connectivity index (χ3n) is 3.05. The zero-order valence-corrected chi connectivity index (χ0v) is 12.6. The van der Waals surface area contributed by atoms with E-state index in [0.717, 1.165) is 0 Å². The third kappa shape index (κ3) is 4.49. The van der Waals surface area contributed by atoms with Crippen LogP contribution < -0.4 is 5.32 Å². The van der Waals surface area contributed by atoms with Gasteiger partial charge in [-0.1, -0.05) is 36.2 Å². The third-order valence-corrected chi connectivity index (χ3v) is 3.61. The number of hydrogen-bond acceptors (Lipinski definition) is 3. The van der Waals surface area contributed by atoms with Crippen LogP contribution in [-0.4, -0.2) is 34.9 Å². The lowest BCUT2D eigenvalue weighted by atomic mass is 9.98. The molecular weight excluding hydrogens is 301 g/mol. The number of nitrogens with one attached hydrogen (secondary N) is 1. The quantitative estimate of drug-likeness (QED) is 0.705. The maximum atomic E-state index is 11.8. The van der Waals surface area contributed by atoms with Gasteiger partial charge in [-0.2, -0.15) is 0 Å². The first-order valence-electron chi connectivity index (χ1n) is 6.13. The first-order chi connectivity index (χ1) is 9.46. The van der Waals surface area contributed by atoms with E-state index in [1.807, 2.05) is 0 Å². The number of benzene rings is 1. The van der Waals surface area contributed by atoms with Gasteiger partial charge in [0.15, 0.2) is 0 Å². The monoisotopic (exact) mass is 317 g/mol. The molecule has 0 fully saturated rings. The minimum Gasteiger partial charge on any atom is -0.394 e. The van der Waals surface area contributed by atoms with Crippen molar-refractivity contribution < 1.29 is 15.0 Å². The Morgan fingerprint density at radius 3 is 2.50 bits per heavy atom. The van der Waals surface area contributed by atoms with E-state index < -0.39 is 11.4 Å². The molecular formula is C14H17Cl2NO3. The molecule has 0 atom stereocenters. The molecule has 0 aliphatic heterocycles. The summed E-state index contributed by atoms with van der Waals surface area (Å²) in [5, 5.41) is 22.0. The number of rotatable bonds is 6. The molecule has 0 radical (unpaired) electrons. The highest BCUT2D eigenvalue weighted by atomic mass is 35.5. The van der Waals surface area contributed by atoms with Gasteiger partial charge in [0.05, 0.1) is 18.8 Å². The van der Waals surface area contributed by atoms with Gasteiger partial charge in [-0.25, -0.2) is 0 Å². The summed E-state index contributed by atoms with van der Waals surface area (Å²) in [6.45, 7) is 1.11. The molecule has 6 heteroatoms. The fourth-order valence-electron chi connectivity index (χ4n) is 1.55. The van der Waals surface area contributed by atoms with Crippen LogP contribution in [0.3, 0.4) is 0 Å². The lowest BCUT2D eigenvalue weighted by Gasteiger charge is -2.29. The van der Waals surface area contributed by atoms with Crippen molar-refractivity contribution in [2.75, 3.05) is 13.2 Å². The molecule has 4 nitrogen and oxygen atoms in total. The minimum absolute atomic E-state index is 0.332. The smallest absolute Gasteiger partial charge is 0.244 e. The van der Waals surface area contributed by atoms with Gasteiger partial charge in [0.25, 0.3) is 0 Å². The van der Waals surface area contributed by atoms with Crippen LogP contribution in [0.2, 0.25) is 10.0 Å². The highest BCUT2D eigenvalue weighted by Crippen LogP contribution is 2.22. The van der Waals surface area contributed by atoms with Crippen LogP contribution in [0, 0.1) is 0 Å². The molecule has 1 amide bonds. The summed E-state index contributed by atoms with van der Waals surface area (Å²) in [6, 6.07) is 4.95. The Hall–Kier alpha value is -1.07. The van der Waals surface area contributed by atoms with E-state index in [1.165, 1.54) is 6.08 Å². The van der Waals surface area contributed by atoms with Crippen LogP contribution in [0.4, 0.5) is 0 Å². The van der Waals surface area contributed by atoms with Crippen molar-refractivity contribution in [1.82, 2.24) is 5.32 Å². The van der Waals surface area contributed by atoms with Crippen molar-refractivity contribution in [1.29, 1.82) is 0 Å². The maximum absolute atomic E-state index is 11.8. The number of halogens is 2. The van der Waals surface area contributed by atoms with E-state index in [9.17, 15) is 15.0 Å². The predicted octanol–water partition coefficient (Wildman–Crippen LogP) is 2.26. The van der Waals surface area contributed by atoms with E-state index in [-0.39, 0.29) is 13.2 Å². The topological polar surface area (TPSA) is 69.6 Å². The van der Waals surface area contributed by atoms with Crippen LogP contribution in [0.25, 0.3) is 6.08 Å². The van der Waals surface area contributed by atoms with Crippen molar-refractivity contribution in [3.8, 4) is 0 Å². The molecule has 0 spiro atoms. The maximum Gasteiger partial charge on any atom is 0.244 e. The molecule has 0 saturated carbocycles. The lowest BCUT2D eigenvalue weighted by Crippen LogP contribution is -2.53. The summed E-state index contributed by atoms with van der Waals surface area (Å²) in [4.78, 5) is 11.8. The zero-order valence-electron chi connectivity index (χ0n) is 11.1. The standard InChI is InChI=1S/C14H17Cl2NO3/c1-2-14(8-18,9-19)17-13(20)6-4-10-3-5-11(15)7-12(10)16/h3-7,18-19H,2,8-9H2,1H3,(H,17,20)/b6-4+. The molecule has 110 valence electrons. The minimum atomic E-state index is -1.01. The first kappa shape index (κ1) is 17.0. The van der Waals surface area contributed by atoms with Crippen molar-refractivity contribution in [3.05, 3.63) is 39.9 Å². The summed E-state index contributed by atoms with van der Waals surface area (Å²) in [5.74, 6) is -0.416. The summed E-state index contributed by atoms with van der Waals surface area (Å²) >= 11 is 11.8. The van der Waals surface area contributed by atoms with Gasteiger partial charge in [0.1, 0.15) is 0 Å². The molecule has 1 rings (SSSR count). The molecule has 0 heterocycles. The fraction of sp³-hybridized carbons (Fsp3) is 0.357. The second-order valence-electron chi connectivity index (χ2n) is 4.44. The lowest BCUT2D eigenvalue weighted by molar-refractivity contribution is -0.119. The molecule has 0 aliphatic carbocycles. The van der Waals surface area contributed by atoms with Crippen molar-refractivity contribution in [2.24, 2.45) is 0 Å². The van der Waals surface area contributed by atoms with E-state index >= 15 is 0 Å². The second-order valence-corrected chi connectivity index (χ2v) is 5.28. The average molecular weight is 318 g/mol. The van der Waals surface area contributed by atoms with E-state index in [0.29, 0.717) is 22.0 Å². The number of amides is 1. The molecule has 3 N–H and O–H groups in total. The van der Waals surface area contributed by atoms with Gasteiger partial charge in [0, 0.05) is 16.1 Å². The highest BCUT2D eigenvalue weighted by Gasteiger charge is 2.27. The molecule has 1 aromatic rings. The van der Waals surface area contributed by atoms with Gasteiger partial charge < -0.3 is 15.5 Å². The number of aliphatic hydroxyl groups excluding tert-OH is 2. The molecule has 0 bridgehead atoms. The Kier molecular flexibility index (Phi) is 6.49. The van der Waals surface area contributed by atoms with E-state index in [2.05, 4.69) is 5.32 Å². The number of carbonyl (C=O) groups is 1. The SMILES string of the molecule is CCC(CO)(CO)NC(=O)/C=C/c1ccc(Cl)cc1Cl. The van der Waals surface area contributed by atoms with Gasteiger partial charge in [-0.15, -0.1) is 0 Å². The predicted molar refractivity (Wildman–Crippen MR) is 80.8 cm³/mol. The summed E-state index contributed by atoms with van der Waals surface area (Å²) < 4.78 is 0. The van der Waals surface area contributed by atoms with E-state index in [4.69, 9.17) is 23.2 Å². The Balaban J connectivity index is 2.77. The second kappa shape index (κ2) is 7.64. The van der Waals surface area contributed by atoms with Crippen LogP contribution >= 0.6 is 23.2 Å². The molecule has 0 unspecified atom stereocenters. The first-order valence-corrected chi connectivity index (χ1v) is 6.89. The van der Waals surface area contributed by atoms with Crippen LogP contribution in [0.5, 0.6) is 0 Å². The molecule has 1 aromatic carbocycles. The normalized spacial score (nSPS) is 11.8. The number of carbonyl (C=O) groups excluding carboxylic acids is 1. The summed E-state index contributed by atoms with van der Waals surface area (Å²) in [7, 11) is 0. The zero-order chi connectivity index (χ0) is 15.2. The Bertz CT molecular complexity index is 491. The van der Waals surface area contributed by atoms with Crippen LogP contribution in [0.15, 0.2) is 24.3 Å². The van der Waals surface area contributed by atoms with Crippen LogP contribution in [0.1, 0.15) is 18.9 Å². The highest BCUT2D eigenvalue weighted by molar-refractivity contribution is 6.35. The largest absolute Gasteiger partial charge is 0.394 e. The van der Waals surface area contributed by atoms with Crippen molar-refractivity contribution in [3.63, 3.8) is 0 Å². The van der Waals surface area contributed by atoms with E-state index in [1.54, 1.807) is 31.2 Å².